The number of nitrogens with zero attached hydrogens (tertiary/aromatic N) is 2. The highest BCUT2D eigenvalue weighted by Gasteiger charge is 2.24. The Balaban J connectivity index is 2.60. The van der Waals surface area contributed by atoms with Crippen molar-refractivity contribution in [1.29, 1.82) is 0 Å². The molecule has 8 nitrogen and oxygen atoms in total. The summed E-state index contributed by atoms with van der Waals surface area (Å²) in [4.78, 5) is 31.8. The predicted octanol–water partition coefficient (Wildman–Crippen LogP) is 4.33. The summed E-state index contributed by atoms with van der Waals surface area (Å²) in [6.07, 6.45) is 11.1. The first-order valence-corrected chi connectivity index (χ1v) is 9.55. The lowest BCUT2D eigenvalue weighted by Crippen LogP contribution is -2.24. The maximum Gasteiger partial charge on any atom is 0.280 e. The third-order valence-corrected chi connectivity index (χ3v) is 4.62. The minimum absolute atomic E-state index is 0.00478. The number of hydrogen-bond acceptors (Lipinski definition) is 6. The van der Waals surface area contributed by atoms with Crippen LogP contribution in [0.25, 0.3) is 0 Å². The van der Waals surface area contributed by atoms with Crippen molar-refractivity contribution in [2.24, 2.45) is 0 Å². The summed E-state index contributed by atoms with van der Waals surface area (Å²) in [6, 6.07) is 1.66. The Labute approximate surface area is 158 Å². The molecule has 0 fully saturated rings. The van der Waals surface area contributed by atoms with Gasteiger partial charge in [-0.2, -0.15) is 0 Å². The molecule has 1 rings (SSSR count). The summed E-state index contributed by atoms with van der Waals surface area (Å²) in [5, 5.41) is 33.4. The largest absolute Gasteiger partial charge is 0.545 e. The van der Waals surface area contributed by atoms with E-state index in [-0.39, 0.29) is 12.0 Å². The van der Waals surface area contributed by atoms with Crippen LogP contribution in [0.5, 0.6) is 0 Å². The van der Waals surface area contributed by atoms with Crippen molar-refractivity contribution in [3.63, 3.8) is 0 Å². The van der Waals surface area contributed by atoms with Gasteiger partial charge >= 0.3 is 0 Å². The van der Waals surface area contributed by atoms with Crippen molar-refractivity contribution in [1.82, 2.24) is 0 Å². The highest BCUT2D eigenvalue weighted by Crippen LogP contribution is 2.30. The second-order valence-corrected chi connectivity index (χ2v) is 6.72. The van der Waals surface area contributed by atoms with E-state index in [0.717, 1.165) is 37.8 Å². The number of aromatic carboxylic acids is 1. The van der Waals surface area contributed by atoms with Crippen LogP contribution in [0.1, 0.15) is 87.1 Å². The molecule has 27 heavy (non-hydrogen) atoms. The van der Waals surface area contributed by atoms with E-state index in [1.165, 1.54) is 32.1 Å². The lowest BCUT2D eigenvalue weighted by molar-refractivity contribution is -0.394. The molecule has 0 aliphatic carbocycles. The van der Waals surface area contributed by atoms with Gasteiger partial charge < -0.3 is 9.90 Å². The third-order valence-electron chi connectivity index (χ3n) is 4.62. The quantitative estimate of drug-likeness (QED) is 0.269. The highest BCUT2D eigenvalue weighted by molar-refractivity contribution is 5.90. The minimum Gasteiger partial charge on any atom is -0.545 e. The van der Waals surface area contributed by atoms with Gasteiger partial charge in [-0.1, -0.05) is 64.7 Å². The Morgan fingerprint density at radius 2 is 1.37 bits per heavy atom. The first kappa shape index (κ1) is 22.5. The molecule has 0 aliphatic heterocycles. The van der Waals surface area contributed by atoms with Crippen LogP contribution in [0.2, 0.25) is 0 Å². The number of non-ortho nitro benzene ring substituents is 1. The van der Waals surface area contributed by atoms with Gasteiger partial charge in [0.1, 0.15) is 0 Å². The van der Waals surface area contributed by atoms with Crippen LogP contribution in [0.4, 0.5) is 11.4 Å². The van der Waals surface area contributed by atoms with E-state index in [2.05, 4.69) is 6.92 Å². The molecule has 0 radical (unpaired) electrons. The number of carbonyl (C=O) groups excluding carboxylic acids is 1. The van der Waals surface area contributed by atoms with Crippen molar-refractivity contribution >= 4 is 17.3 Å². The van der Waals surface area contributed by atoms with Gasteiger partial charge in [0.25, 0.3) is 11.4 Å². The normalized spacial score (nSPS) is 10.7. The molecule has 0 bridgehead atoms. The first-order chi connectivity index (χ1) is 12.9. The van der Waals surface area contributed by atoms with Gasteiger partial charge in [0, 0.05) is 17.2 Å². The van der Waals surface area contributed by atoms with E-state index in [1.54, 1.807) is 0 Å². The van der Waals surface area contributed by atoms with Gasteiger partial charge in [-0.05, 0) is 12.8 Å². The number of carboxylic acid groups (broad SMARTS) is 1. The minimum atomic E-state index is -1.64. The summed E-state index contributed by atoms with van der Waals surface area (Å²) >= 11 is 0. The number of nitro benzene ring substituents is 2. The topological polar surface area (TPSA) is 126 Å². The smallest absolute Gasteiger partial charge is 0.280 e. The molecular weight excluding hydrogens is 352 g/mol. The fraction of sp³-hybridized carbons (Fsp3) is 0.632. The van der Waals surface area contributed by atoms with Crippen molar-refractivity contribution in [3.8, 4) is 0 Å². The summed E-state index contributed by atoms with van der Waals surface area (Å²) in [5.74, 6) is -1.64. The van der Waals surface area contributed by atoms with Crippen LogP contribution in [-0.4, -0.2) is 15.8 Å². The fourth-order valence-corrected chi connectivity index (χ4v) is 3.14. The standard InChI is InChI=1S/C19H28N2O6/c1-2-3-4-5-6-7-8-9-10-11-12-16-17(19(22)23)13-15(20(24)25)14-18(16)21(26)27/h13-14H,2-12H2,1H3,(H,22,23)/p-1. The van der Waals surface area contributed by atoms with Gasteiger partial charge in [0.2, 0.25) is 0 Å². The Kier molecular flexibility index (Phi) is 10.00. The monoisotopic (exact) mass is 379 g/mol. The zero-order valence-electron chi connectivity index (χ0n) is 15.8. The van der Waals surface area contributed by atoms with Crippen LogP contribution in [0, 0.1) is 20.2 Å². The molecule has 0 aromatic heterocycles. The highest BCUT2D eigenvalue weighted by atomic mass is 16.6. The molecule has 0 amide bonds. The zero-order valence-corrected chi connectivity index (χ0v) is 15.8. The molecule has 1 aromatic carbocycles. The Morgan fingerprint density at radius 3 is 1.81 bits per heavy atom. The molecule has 150 valence electrons. The Morgan fingerprint density at radius 1 is 0.852 bits per heavy atom. The van der Waals surface area contributed by atoms with Gasteiger partial charge in [0.05, 0.1) is 21.9 Å². The molecule has 0 atom stereocenters. The average molecular weight is 379 g/mol. The van der Waals surface area contributed by atoms with Crippen LogP contribution < -0.4 is 5.11 Å². The van der Waals surface area contributed by atoms with Crippen LogP contribution in [0.3, 0.4) is 0 Å². The SMILES string of the molecule is CCCCCCCCCCCCc1c(C(=O)[O-])cc([N+](=O)[O-])cc1[N+](=O)[O-]. The van der Waals surface area contributed by atoms with Crippen molar-refractivity contribution in [3.05, 3.63) is 43.5 Å². The number of nitro groups is 2. The molecule has 0 saturated carbocycles. The molecule has 0 saturated heterocycles. The predicted molar refractivity (Wildman–Crippen MR) is 99.6 cm³/mol. The fourth-order valence-electron chi connectivity index (χ4n) is 3.14. The van der Waals surface area contributed by atoms with E-state index in [1.807, 2.05) is 0 Å². The third kappa shape index (κ3) is 7.72. The van der Waals surface area contributed by atoms with Gasteiger partial charge in [-0.25, -0.2) is 0 Å². The molecule has 0 heterocycles. The lowest BCUT2D eigenvalue weighted by atomic mass is 9.97. The van der Waals surface area contributed by atoms with E-state index in [9.17, 15) is 30.1 Å². The van der Waals surface area contributed by atoms with Crippen molar-refractivity contribution < 1.29 is 19.7 Å². The summed E-state index contributed by atoms with van der Waals surface area (Å²) in [7, 11) is 0. The zero-order chi connectivity index (χ0) is 20.2. The molecule has 1 aromatic rings. The molecule has 0 spiro atoms. The first-order valence-electron chi connectivity index (χ1n) is 9.55. The molecular formula is C19H27N2O6-. The molecule has 0 unspecified atom stereocenters. The van der Waals surface area contributed by atoms with Gasteiger partial charge in [-0.3, -0.25) is 20.2 Å². The number of carboxylic acids is 1. The number of carbonyl (C=O) groups is 1. The summed E-state index contributed by atoms with van der Waals surface area (Å²) in [5.41, 5.74) is -1.61. The van der Waals surface area contributed by atoms with E-state index < -0.39 is 32.8 Å². The van der Waals surface area contributed by atoms with Crippen LogP contribution in [-0.2, 0) is 6.42 Å². The summed E-state index contributed by atoms with van der Waals surface area (Å²) in [6.45, 7) is 2.18. The lowest BCUT2D eigenvalue weighted by Gasteiger charge is -2.11. The number of benzene rings is 1. The van der Waals surface area contributed by atoms with E-state index in [0.29, 0.717) is 6.42 Å². The van der Waals surface area contributed by atoms with Crippen molar-refractivity contribution in [2.45, 2.75) is 77.6 Å². The van der Waals surface area contributed by atoms with Gasteiger partial charge in [0.15, 0.2) is 0 Å². The number of rotatable bonds is 14. The van der Waals surface area contributed by atoms with Crippen molar-refractivity contribution in [2.75, 3.05) is 0 Å². The maximum absolute atomic E-state index is 11.3. The summed E-state index contributed by atoms with van der Waals surface area (Å²) < 4.78 is 0. The number of unbranched alkanes of at least 4 members (excludes halogenated alkanes) is 9. The molecule has 8 heteroatoms. The van der Waals surface area contributed by atoms with Crippen LogP contribution >= 0.6 is 0 Å². The van der Waals surface area contributed by atoms with Gasteiger partial charge in [-0.15, -0.1) is 0 Å². The van der Waals surface area contributed by atoms with E-state index >= 15 is 0 Å². The number of hydrogen-bond donors (Lipinski definition) is 0. The molecule has 0 N–H and O–H groups in total. The second-order valence-electron chi connectivity index (χ2n) is 6.72. The van der Waals surface area contributed by atoms with Crippen LogP contribution in [0.15, 0.2) is 12.1 Å². The average Bonchev–Trinajstić information content (AvgIpc) is 2.62. The second kappa shape index (κ2) is 12.0. The Hall–Kier alpha value is -2.51. The molecule has 0 aliphatic rings. The maximum atomic E-state index is 11.3. The van der Waals surface area contributed by atoms with E-state index in [4.69, 9.17) is 0 Å². The Bertz CT molecular complexity index is 625.